The number of halogens is 2. The molecule has 0 heterocycles. The Morgan fingerprint density at radius 2 is 2.19 bits per heavy atom. The number of carbonyl (C=O) groups is 1. The second-order valence-corrected chi connectivity index (χ2v) is 3.70. The molecule has 0 aliphatic heterocycles. The summed E-state index contributed by atoms with van der Waals surface area (Å²) in [7, 11) is 1.20. The van der Waals surface area contributed by atoms with Crippen LogP contribution in [0.4, 0.5) is 5.69 Å². The number of nitro groups is 1. The quantitative estimate of drug-likeness (QED) is 0.364. The zero-order valence-corrected chi connectivity index (χ0v) is 9.66. The average molecular weight is 264 g/mol. The van der Waals surface area contributed by atoms with E-state index < -0.39 is 16.3 Å². The van der Waals surface area contributed by atoms with Crippen molar-refractivity contribution < 1.29 is 14.5 Å². The molecule has 1 atom stereocenters. The van der Waals surface area contributed by atoms with Gasteiger partial charge in [0.05, 0.1) is 12.0 Å². The molecule has 0 saturated heterocycles. The van der Waals surface area contributed by atoms with E-state index in [0.717, 1.165) is 0 Å². The Hall–Kier alpha value is -1.33. The van der Waals surface area contributed by atoms with Gasteiger partial charge in [-0.05, 0) is 11.6 Å². The van der Waals surface area contributed by atoms with Gasteiger partial charge in [-0.25, -0.2) is 0 Å². The molecule has 1 unspecified atom stereocenters. The van der Waals surface area contributed by atoms with Crippen LogP contribution in [0, 0.1) is 10.1 Å². The lowest BCUT2D eigenvalue weighted by Crippen LogP contribution is -2.08. The number of hydrogen-bond acceptors (Lipinski definition) is 4. The number of benzene rings is 1. The summed E-state index contributed by atoms with van der Waals surface area (Å²) in [6.45, 7) is 0. The normalized spacial score (nSPS) is 11.9. The molecule has 0 aromatic heterocycles. The minimum absolute atomic E-state index is 0.0722. The van der Waals surface area contributed by atoms with Gasteiger partial charge in [-0.3, -0.25) is 14.9 Å². The summed E-state index contributed by atoms with van der Waals surface area (Å²) in [5, 5.41) is 9.39. The van der Waals surface area contributed by atoms with Crippen LogP contribution in [0.25, 0.3) is 0 Å². The van der Waals surface area contributed by atoms with Gasteiger partial charge < -0.3 is 4.74 Å². The molecule has 0 aliphatic carbocycles. The molecule has 0 amide bonds. The van der Waals surface area contributed by atoms with Crippen LogP contribution in [-0.4, -0.2) is 18.0 Å². The highest BCUT2D eigenvalue weighted by molar-refractivity contribution is 6.33. The molecule has 0 radical (unpaired) electrons. The second-order valence-electron chi connectivity index (χ2n) is 2.85. The van der Waals surface area contributed by atoms with E-state index in [2.05, 4.69) is 4.74 Å². The van der Waals surface area contributed by atoms with E-state index in [-0.39, 0.29) is 10.7 Å². The second kappa shape index (κ2) is 5.14. The monoisotopic (exact) mass is 263 g/mol. The molecule has 16 heavy (non-hydrogen) atoms. The van der Waals surface area contributed by atoms with E-state index in [1.54, 1.807) is 0 Å². The van der Waals surface area contributed by atoms with E-state index >= 15 is 0 Å². The molecule has 0 saturated carbocycles. The molecular formula is C9H7Cl2NO4. The third-order valence-corrected chi connectivity index (χ3v) is 2.60. The number of esters is 1. The first kappa shape index (κ1) is 12.7. The van der Waals surface area contributed by atoms with Gasteiger partial charge in [0.1, 0.15) is 5.02 Å². The summed E-state index contributed by atoms with van der Waals surface area (Å²) in [6.07, 6.45) is 0. The molecule has 0 fully saturated rings. The lowest BCUT2D eigenvalue weighted by atomic mass is 10.1. The summed E-state index contributed by atoms with van der Waals surface area (Å²) >= 11 is 11.4. The van der Waals surface area contributed by atoms with Gasteiger partial charge >= 0.3 is 5.97 Å². The molecule has 1 rings (SSSR count). The summed E-state index contributed by atoms with van der Waals surface area (Å²) in [5.74, 6) is -0.647. The topological polar surface area (TPSA) is 69.4 Å². The minimum Gasteiger partial charge on any atom is -0.468 e. The standard InChI is InChI=1S/C9H7Cl2NO4/c1-16-9(13)8(11)5-2-3-7(12(14)15)6(10)4-5/h2-4,8H,1H3. The van der Waals surface area contributed by atoms with E-state index in [4.69, 9.17) is 23.2 Å². The maximum Gasteiger partial charge on any atom is 0.328 e. The first-order valence-electron chi connectivity index (χ1n) is 4.13. The van der Waals surface area contributed by atoms with Crippen molar-refractivity contribution in [2.45, 2.75) is 5.38 Å². The van der Waals surface area contributed by atoms with Crippen molar-refractivity contribution in [2.75, 3.05) is 7.11 Å². The Balaban J connectivity index is 3.06. The Kier molecular flexibility index (Phi) is 4.09. The van der Waals surface area contributed by atoms with Gasteiger partial charge in [0.15, 0.2) is 5.38 Å². The highest BCUT2D eigenvalue weighted by Gasteiger charge is 2.21. The number of nitrogens with zero attached hydrogens (tertiary/aromatic N) is 1. The third-order valence-electron chi connectivity index (χ3n) is 1.87. The number of carbonyl (C=O) groups excluding carboxylic acids is 1. The summed E-state index contributed by atoms with van der Waals surface area (Å²) < 4.78 is 4.44. The van der Waals surface area contributed by atoms with Gasteiger partial charge in [0.25, 0.3) is 5.69 Å². The highest BCUT2D eigenvalue weighted by atomic mass is 35.5. The van der Waals surface area contributed by atoms with Crippen LogP contribution in [0.1, 0.15) is 10.9 Å². The van der Waals surface area contributed by atoms with Crippen LogP contribution in [0.15, 0.2) is 18.2 Å². The van der Waals surface area contributed by atoms with Crippen molar-refractivity contribution in [3.8, 4) is 0 Å². The number of hydrogen-bond donors (Lipinski definition) is 0. The van der Waals surface area contributed by atoms with Crippen LogP contribution in [0.3, 0.4) is 0 Å². The smallest absolute Gasteiger partial charge is 0.328 e. The number of methoxy groups -OCH3 is 1. The summed E-state index contributed by atoms with van der Waals surface area (Å²) in [6, 6.07) is 3.82. The van der Waals surface area contributed by atoms with Gasteiger partial charge in [-0.15, -0.1) is 11.6 Å². The number of nitro benzene ring substituents is 1. The molecule has 0 bridgehead atoms. The molecule has 5 nitrogen and oxygen atoms in total. The fraction of sp³-hybridized carbons (Fsp3) is 0.222. The zero-order chi connectivity index (χ0) is 12.3. The highest BCUT2D eigenvalue weighted by Crippen LogP contribution is 2.30. The molecule has 1 aromatic carbocycles. The van der Waals surface area contributed by atoms with Gasteiger partial charge in [-0.1, -0.05) is 17.7 Å². The first-order chi connectivity index (χ1) is 7.47. The average Bonchev–Trinajstić information content (AvgIpc) is 2.26. The van der Waals surface area contributed by atoms with E-state index in [1.165, 1.54) is 25.3 Å². The first-order valence-corrected chi connectivity index (χ1v) is 4.94. The maximum absolute atomic E-state index is 11.1. The summed E-state index contributed by atoms with van der Waals surface area (Å²) in [4.78, 5) is 21.0. The van der Waals surface area contributed by atoms with E-state index in [0.29, 0.717) is 5.56 Å². The Bertz CT molecular complexity index is 436. The molecule has 0 aliphatic rings. The SMILES string of the molecule is COC(=O)C(Cl)c1ccc([N+](=O)[O-])c(Cl)c1. The van der Waals surface area contributed by atoms with Gasteiger partial charge in [-0.2, -0.15) is 0 Å². The molecule has 0 spiro atoms. The maximum atomic E-state index is 11.1. The minimum atomic E-state index is -1.02. The van der Waals surface area contributed by atoms with Crippen LogP contribution in [0.2, 0.25) is 5.02 Å². The fourth-order valence-electron chi connectivity index (χ4n) is 1.07. The lowest BCUT2D eigenvalue weighted by Gasteiger charge is -2.07. The van der Waals surface area contributed by atoms with Gasteiger partial charge in [0.2, 0.25) is 0 Å². The van der Waals surface area contributed by atoms with Gasteiger partial charge in [0, 0.05) is 6.07 Å². The predicted molar refractivity (Wildman–Crippen MR) is 58.7 cm³/mol. The Labute approximate surface area is 101 Å². The molecular weight excluding hydrogens is 257 g/mol. The third kappa shape index (κ3) is 2.62. The van der Waals surface area contributed by atoms with Crippen molar-refractivity contribution in [3.05, 3.63) is 38.9 Å². The number of rotatable bonds is 3. The van der Waals surface area contributed by atoms with E-state index in [1.807, 2.05) is 0 Å². The van der Waals surface area contributed by atoms with Crippen LogP contribution in [0.5, 0.6) is 0 Å². The Morgan fingerprint density at radius 3 is 2.62 bits per heavy atom. The Morgan fingerprint density at radius 1 is 1.56 bits per heavy atom. The van der Waals surface area contributed by atoms with Crippen LogP contribution in [-0.2, 0) is 9.53 Å². The van der Waals surface area contributed by atoms with Crippen molar-refractivity contribution in [3.63, 3.8) is 0 Å². The van der Waals surface area contributed by atoms with Crippen LogP contribution >= 0.6 is 23.2 Å². The van der Waals surface area contributed by atoms with E-state index in [9.17, 15) is 14.9 Å². The van der Waals surface area contributed by atoms with Crippen molar-refractivity contribution in [2.24, 2.45) is 0 Å². The summed E-state index contributed by atoms with van der Waals surface area (Å²) in [5.41, 5.74) is 0.114. The number of alkyl halides is 1. The van der Waals surface area contributed by atoms with Crippen molar-refractivity contribution >= 4 is 34.9 Å². The lowest BCUT2D eigenvalue weighted by molar-refractivity contribution is -0.384. The van der Waals surface area contributed by atoms with Crippen LogP contribution < -0.4 is 0 Å². The molecule has 7 heteroatoms. The zero-order valence-electron chi connectivity index (χ0n) is 8.15. The predicted octanol–water partition coefficient (Wildman–Crippen LogP) is 2.70. The molecule has 86 valence electrons. The molecule has 0 N–H and O–H groups in total. The molecule has 1 aromatic rings. The fourth-order valence-corrected chi connectivity index (χ4v) is 1.55. The number of ether oxygens (including phenoxy) is 1. The largest absolute Gasteiger partial charge is 0.468 e. The van der Waals surface area contributed by atoms with Crippen molar-refractivity contribution in [1.82, 2.24) is 0 Å². The van der Waals surface area contributed by atoms with Crippen molar-refractivity contribution in [1.29, 1.82) is 0 Å².